The average molecular weight is 247 g/mol. The Morgan fingerprint density at radius 1 is 1.56 bits per heavy atom. The van der Waals surface area contributed by atoms with Gasteiger partial charge in [0.1, 0.15) is 5.82 Å². The Hall–Kier alpha value is -1.50. The molecule has 0 aromatic carbocycles. The van der Waals surface area contributed by atoms with E-state index in [1.165, 1.54) is 6.20 Å². The van der Waals surface area contributed by atoms with Gasteiger partial charge in [-0.3, -0.25) is 9.78 Å². The van der Waals surface area contributed by atoms with Gasteiger partial charge in [-0.05, 0) is 18.6 Å². The highest BCUT2D eigenvalue weighted by molar-refractivity contribution is 7.91. The summed E-state index contributed by atoms with van der Waals surface area (Å²) in [6.45, 7) is 1.07. The molecule has 0 saturated carbocycles. The van der Waals surface area contributed by atoms with Crippen molar-refractivity contribution in [3.63, 3.8) is 0 Å². The lowest BCUT2D eigenvalue weighted by Gasteiger charge is -2.07. The monoisotopic (exact) mass is 247 g/mol. The first kappa shape index (κ1) is 12.6. The van der Waals surface area contributed by atoms with Crippen molar-refractivity contribution >= 4 is 15.8 Å². The molecule has 5 nitrogen and oxygen atoms in total. The van der Waals surface area contributed by atoms with Crippen molar-refractivity contribution in [1.82, 2.24) is 4.98 Å². The maximum Gasteiger partial charge on any atom is 0.321 e. The van der Waals surface area contributed by atoms with Crippen molar-refractivity contribution in [3.05, 3.63) is 29.8 Å². The number of carboxylic acid groups (broad SMARTS) is 1. The largest absolute Gasteiger partial charge is 0.480 e. The number of carboxylic acids is 1. The number of halogens is 1. The fourth-order valence-electron chi connectivity index (χ4n) is 1.05. The van der Waals surface area contributed by atoms with Gasteiger partial charge in [-0.2, -0.15) is 0 Å². The van der Waals surface area contributed by atoms with Crippen LogP contribution in [-0.2, 0) is 20.4 Å². The SMILES string of the molecule is CC(C(=O)O)S(=O)(=O)Cc1cncc(F)c1. The minimum atomic E-state index is -3.84. The summed E-state index contributed by atoms with van der Waals surface area (Å²) in [5, 5.41) is 7.06. The molecule has 0 aliphatic rings. The van der Waals surface area contributed by atoms with Crippen LogP contribution < -0.4 is 0 Å². The maximum absolute atomic E-state index is 12.7. The molecule has 7 heteroatoms. The molecule has 1 aromatic heterocycles. The zero-order chi connectivity index (χ0) is 12.3. The van der Waals surface area contributed by atoms with E-state index in [9.17, 15) is 17.6 Å². The molecule has 0 saturated heterocycles. The Balaban J connectivity index is 2.93. The van der Waals surface area contributed by atoms with Crippen LogP contribution in [0.15, 0.2) is 18.5 Å². The molecule has 1 rings (SSSR count). The average Bonchev–Trinajstić information content (AvgIpc) is 2.15. The van der Waals surface area contributed by atoms with Gasteiger partial charge in [-0.15, -0.1) is 0 Å². The van der Waals surface area contributed by atoms with Crippen LogP contribution >= 0.6 is 0 Å². The van der Waals surface area contributed by atoms with Crippen LogP contribution in [0, 0.1) is 5.82 Å². The molecule has 0 aliphatic carbocycles. The minimum absolute atomic E-state index is 0.133. The van der Waals surface area contributed by atoms with Crippen LogP contribution in [0.5, 0.6) is 0 Å². The molecular weight excluding hydrogens is 237 g/mol. The van der Waals surface area contributed by atoms with Crippen molar-refractivity contribution < 1.29 is 22.7 Å². The zero-order valence-electron chi connectivity index (χ0n) is 8.42. The molecule has 0 bridgehead atoms. The van der Waals surface area contributed by atoms with Crippen LogP contribution in [0.4, 0.5) is 4.39 Å². The van der Waals surface area contributed by atoms with Gasteiger partial charge >= 0.3 is 5.97 Å². The Labute approximate surface area is 91.9 Å². The molecule has 1 heterocycles. The Morgan fingerprint density at radius 3 is 2.69 bits per heavy atom. The third kappa shape index (κ3) is 2.99. The van der Waals surface area contributed by atoms with E-state index in [0.717, 1.165) is 19.2 Å². The van der Waals surface area contributed by atoms with Gasteiger partial charge in [0.15, 0.2) is 15.1 Å². The van der Waals surface area contributed by atoms with E-state index in [4.69, 9.17) is 5.11 Å². The second-order valence-corrected chi connectivity index (χ2v) is 5.62. The minimum Gasteiger partial charge on any atom is -0.480 e. The Bertz CT molecular complexity index is 500. The zero-order valence-corrected chi connectivity index (χ0v) is 9.24. The van der Waals surface area contributed by atoms with E-state index in [1.54, 1.807) is 0 Å². The van der Waals surface area contributed by atoms with Crippen LogP contribution in [0.2, 0.25) is 0 Å². The smallest absolute Gasteiger partial charge is 0.321 e. The molecule has 1 atom stereocenters. The summed E-state index contributed by atoms with van der Waals surface area (Å²) in [6.07, 6.45) is 2.13. The number of aromatic nitrogens is 1. The number of hydrogen-bond acceptors (Lipinski definition) is 4. The maximum atomic E-state index is 12.7. The summed E-state index contributed by atoms with van der Waals surface area (Å²) < 4.78 is 35.8. The molecule has 0 radical (unpaired) electrons. The molecule has 0 fully saturated rings. The van der Waals surface area contributed by atoms with Gasteiger partial charge in [0.05, 0.1) is 11.9 Å². The molecule has 1 N–H and O–H groups in total. The van der Waals surface area contributed by atoms with Gasteiger partial charge in [0.25, 0.3) is 0 Å². The number of aliphatic carboxylic acids is 1. The third-order valence-corrected chi connectivity index (χ3v) is 4.03. The lowest BCUT2D eigenvalue weighted by molar-refractivity contribution is -0.136. The first-order valence-corrected chi connectivity index (χ1v) is 6.08. The second kappa shape index (κ2) is 4.56. The van der Waals surface area contributed by atoms with Crippen LogP contribution in [-0.4, -0.2) is 29.7 Å². The lowest BCUT2D eigenvalue weighted by Crippen LogP contribution is -2.28. The fraction of sp³-hybridized carbons (Fsp3) is 0.333. The van der Waals surface area contributed by atoms with Crippen molar-refractivity contribution in [2.75, 3.05) is 0 Å². The highest BCUT2D eigenvalue weighted by Crippen LogP contribution is 2.11. The van der Waals surface area contributed by atoms with E-state index in [2.05, 4.69) is 4.98 Å². The number of sulfone groups is 1. The summed E-state index contributed by atoms with van der Waals surface area (Å²) in [5.74, 6) is -2.62. The molecule has 1 aromatic rings. The summed E-state index contributed by atoms with van der Waals surface area (Å²) in [7, 11) is -3.84. The van der Waals surface area contributed by atoms with Crippen LogP contribution in [0.25, 0.3) is 0 Å². The molecule has 0 spiro atoms. The number of hydrogen-bond donors (Lipinski definition) is 1. The summed E-state index contributed by atoms with van der Waals surface area (Å²) >= 11 is 0. The van der Waals surface area contributed by atoms with E-state index in [-0.39, 0.29) is 5.56 Å². The predicted molar refractivity (Wildman–Crippen MR) is 53.9 cm³/mol. The Morgan fingerprint density at radius 2 is 2.19 bits per heavy atom. The predicted octanol–water partition coefficient (Wildman–Crippen LogP) is 0.609. The van der Waals surface area contributed by atoms with Gasteiger partial charge in [0.2, 0.25) is 0 Å². The standard InChI is InChI=1S/C9H10FNO4S/c1-6(9(12)13)16(14,15)5-7-2-8(10)4-11-3-7/h2-4,6H,5H2,1H3,(H,12,13). The van der Waals surface area contributed by atoms with Gasteiger partial charge in [0, 0.05) is 6.20 Å². The second-order valence-electron chi connectivity index (χ2n) is 3.30. The van der Waals surface area contributed by atoms with Crippen molar-refractivity contribution in [3.8, 4) is 0 Å². The molecule has 0 aliphatic heterocycles. The van der Waals surface area contributed by atoms with Crippen molar-refractivity contribution in [2.45, 2.75) is 17.9 Å². The topological polar surface area (TPSA) is 84.3 Å². The quantitative estimate of drug-likeness (QED) is 0.842. The number of rotatable bonds is 4. The first-order chi connectivity index (χ1) is 7.33. The van der Waals surface area contributed by atoms with Gasteiger partial charge in [-0.25, -0.2) is 12.8 Å². The van der Waals surface area contributed by atoms with Gasteiger partial charge < -0.3 is 5.11 Å². The summed E-state index contributed by atoms with van der Waals surface area (Å²) in [6, 6.07) is 1.01. The highest BCUT2D eigenvalue weighted by Gasteiger charge is 2.27. The van der Waals surface area contributed by atoms with Crippen LogP contribution in [0.1, 0.15) is 12.5 Å². The molecule has 1 unspecified atom stereocenters. The third-order valence-electron chi connectivity index (χ3n) is 2.02. The van der Waals surface area contributed by atoms with E-state index in [1.807, 2.05) is 0 Å². The fourth-order valence-corrected chi connectivity index (χ4v) is 2.23. The van der Waals surface area contributed by atoms with Gasteiger partial charge in [-0.1, -0.05) is 0 Å². The highest BCUT2D eigenvalue weighted by atomic mass is 32.2. The van der Waals surface area contributed by atoms with Crippen molar-refractivity contribution in [1.29, 1.82) is 0 Å². The Kier molecular flexibility index (Phi) is 3.58. The molecule has 16 heavy (non-hydrogen) atoms. The van der Waals surface area contributed by atoms with E-state index < -0.39 is 32.6 Å². The van der Waals surface area contributed by atoms with Crippen molar-refractivity contribution in [2.24, 2.45) is 0 Å². The van der Waals surface area contributed by atoms with Crippen LogP contribution in [0.3, 0.4) is 0 Å². The first-order valence-electron chi connectivity index (χ1n) is 4.37. The summed E-state index contributed by atoms with van der Waals surface area (Å²) in [4.78, 5) is 14.0. The molecule has 88 valence electrons. The lowest BCUT2D eigenvalue weighted by atomic mass is 10.3. The molecular formula is C9H10FNO4S. The van der Waals surface area contributed by atoms with E-state index >= 15 is 0 Å². The molecule has 0 amide bonds. The number of nitrogens with zero attached hydrogens (tertiary/aromatic N) is 1. The number of pyridine rings is 1. The summed E-state index contributed by atoms with van der Waals surface area (Å²) in [5.41, 5.74) is 0.133. The van der Waals surface area contributed by atoms with E-state index in [0.29, 0.717) is 0 Å². The normalized spacial score (nSPS) is 13.4. The number of carbonyl (C=O) groups is 1.